The van der Waals surface area contributed by atoms with Gasteiger partial charge in [-0.3, -0.25) is 4.79 Å². The molecular formula is C32H36N4O. The summed E-state index contributed by atoms with van der Waals surface area (Å²) in [4.78, 5) is 23.1. The molecule has 1 aliphatic rings. The molecule has 2 N–H and O–H groups in total. The standard InChI is InChI=1S/C32H36N4O/c1-32(2,3)26-15-13-23(14-16-26)17-27(30-18-33-22-35-30)28(24-9-5-4-6-10-24)21-36-20-25-11-7-8-12-29(25)34-19-31(36)37/h4-16,18,22,27-28,34H,17,19-21H2,1-3H3,(H,33,35). The third kappa shape index (κ3) is 5.77. The monoisotopic (exact) mass is 492 g/mol. The number of nitrogens with zero attached hydrogens (tertiary/aromatic N) is 2. The number of carbonyl (C=O) groups is 1. The number of aromatic amines is 1. The summed E-state index contributed by atoms with van der Waals surface area (Å²) in [6, 6.07) is 27.8. The van der Waals surface area contributed by atoms with Crippen molar-refractivity contribution in [2.24, 2.45) is 0 Å². The van der Waals surface area contributed by atoms with Gasteiger partial charge in [0.1, 0.15) is 0 Å². The third-order valence-corrected chi connectivity index (χ3v) is 7.49. The SMILES string of the molecule is CC(C)(C)c1ccc(CC(c2cnc[nH]2)C(CN2Cc3ccccc3NCC2=O)c2ccccc2)cc1. The quantitative estimate of drug-likeness (QED) is 0.320. The van der Waals surface area contributed by atoms with E-state index in [1.165, 1.54) is 16.7 Å². The molecule has 2 atom stereocenters. The number of hydrogen-bond donors (Lipinski definition) is 2. The Morgan fingerprint density at radius 2 is 1.65 bits per heavy atom. The van der Waals surface area contributed by atoms with Gasteiger partial charge in [-0.15, -0.1) is 0 Å². The van der Waals surface area contributed by atoms with Crippen molar-refractivity contribution in [1.82, 2.24) is 14.9 Å². The summed E-state index contributed by atoms with van der Waals surface area (Å²) in [6.45, 7) is 8.26. The van der Waals surface area contributed by atoms with Gasteiger partial charge in [-0.2, -0.15) is 0 Å². The molecule has 5 nitrogen and oxygen atoms in total. The number of H-pyrrole nitrogens is 1. The number of benzene rings is 3. The Kier molecular flexibility index (Phi) is 7.13. The number of anilines is 1. The van der Waals surface area contributed by atoms with Crippen molar-refractivity contribution in [3.63, 3.8) is 0 Å². The van der Waals surface area contributed by atoms with Crippen LogP contribution in [0.1, 0.15) is 60.6 Å². The van der Waals surface area contributed by atoms with E-state index in [4.69, 9.17) is 0 Å². The third-order valence-electron chi connectivity index (χ3n) is 7.49. The molecule has 2 heterocycles. The van der Waals surface area contributed by atoms with Crippen LogP contribution in [0.4, 0.5) is 5.69 Å². The molecule has 4 aromatic rings. The summed E-state index contributed by atoms with van der Waals surface area (Å²) in [5.41, 5.74) is 7.24. The highest BCUT2D eigenvalue weighted by molar-refractivity contribution is 5.82. The van der Waals surface area contributed by atoms with E-state index in [1.807, 2.05) is 29.3 Å². The number of rotatable bonds is 7. The summed E-state index contributed by atoms with van der Waals surface area (Å²) < 4.78 is 0. The van der Waals surface area contributed by atoms with Gasteiger partial charge in [0.15, 0.2) is 0 Å². The molecule has 1 aromatic heterocycles. The van der Waals surface area contributed by atoms with Crippen LogP contribution < -0.4 is 5.32 Å². The van der Waals surface area contributed by atoms with Crippen LogP contribution in [0.2, 0.25) is 0 Å². The Morgan fingerprint density at radius 3 is 2.35 bits per heavy atom. The molecule has 190 valence electrons. The molecular weight excluding hydrogens is 456 g/mol. The smallest absolute Gasteiger partial charge is 0.242 e. The molecule has 2 unspecified atom stereocenters. The zero-order valence-electron chi connectivity index (χ0n) is 21.9. The zero-order valence-corrected chi connectivity index (χ0v) is 21.9. The number of hydrogen-bond acceptors (Lipinski definition) is 3. The van der Waals surface area contributed by atoms with E-state index in [-0.39, 0.29) is 23.2 Å². The molecule has 1 amide bonds. The minimum atomic E-state index is 0.0955. The van der Waals surface area contributed by atoms with E-state index in [9.17, 15) is 4.79 Å². The van der Waals surface area contributed by atoms with Crippen LogP contribution >= 0.6 is 0 Å². The summed E-state index contributed by atoms with van der Waals surface area (Å²) in [5.74, 6) is 0.345. The van der Waals surface area contributed by atoms with Gasteiger partial charge in [-0.1, -0.05) is 93.6 Å². The predicted octanol–water partition coefficient (Wildman–Crippen LogP) is 6.27. The van der Waals surface area contributed by atoms with Gasteiger partial charge in [0.05, 0.1) is 12.9 Å². The van der Waals surface area contributed by atoms with Crippen LogP contribution in [0.15, 0.2) is 91.4 Å². The molecule has 5 rings (SSSR count). The normalized spacial score (nSPS) is 15.4. The summed E-state index contributed by atoms with van der Waals surface area (Å²) in [6.07, 6.45) is 4.54. The number of aromatic nitrogens is 2. The van der Waals surface area contributed by atoms with Gasteiger partial charge in [0, 0.05) is 42.5 Å². The Morgan fingerprint density at radius 1 is 0.919 bits per heavy atom. The highest BCUT2D eigenvalue weighted by Gasteiger charge is 2.31. The van der Waals surface area contributed by atoms with Crippen molar-refractivity contribution in [2.45, 2.75) is 51.0 Å². The number of fused-ring (bicyclic) bond motifs is 1. The molecule has 37 heavy (non-hydrogen) atoms. The number of carbonyl (C=O) groups excluding carboxylic acids is 1. The lowest BCUT2D eigenvalue weighted by Crippen LogP contribution is -2.37. The highest BCUT2D eigenvalue weighted by atomic mass is 16.2. The van der Waals surface area contributed by atoms with Crippen molar-refractivity contribution >= 4 is 11.6 Å². The van der Waals surface area contributed by atoms with Crippen LogP contribution in [0.3, 0.4) is 0 Å². The van der Waals surface area contributed by atoms with Crippen LogP contribution in [0.5, 0.6) is 0 Å². The Hall–Kier alpha value is -3.86. The molecule has 0 bridgehead atoms. The van der Waals surface area contributed by atoms with Gasteiger partial charge in [-0.05, 0) is 40.2 Å². The second-order valence-electron chi connectivity index (χ2n) is 11.1. The highest BCUT2D eigenvalue weighted by Crippen LogP contribution is 2.37. The van der Waals surface area contributed by atoms with Crippen LogP contribution in [-0.2, 0) is 23.2 Å². The molecule has 0 spiro atoms. The molecule has 0 aliphatic carbocycles. The van der Waals surface area contributed by atoms with Gasteiger partial charge < -0.3 is 15.2 Å². The van der Waals surface area contributed by atoms with Crippen LogP contribution in [0.25, 0.3) is 0 Å². The fourth-order valence-electron chi connectivity index (χ4n) is 5.31. The van der Waals surface area contributed by atoms with E-state index < -0.39 is 0 Å². The zero-order chi connectivity index (χ0) is 25.8. The number of amides is 1. The van der Waals surface area contributed by atoms with Crippen molar-refractivity contribution in [3.8, 4) is 0 Å². The molecule has 0 fully saturated rings. The number of nitrogens with one attached hydrogen (secondary N) is 2. The van der Waals surface area contributed by atoms with E-state index in [0.717, 1.165) is 23.4 Å². The second kappa shape index (κ2) is 10.6. The Bertz CT molecular complexity index is 1310. The lowest BCUT2D eigenvalue weighted by Gasteiger charge is -2.32. The molecule has 5 heteroatoms. The van der Waals surface area contributed by atoms with E-state index in [2.05, 4.69) is 96.7 Å². The number of para-hydroxylation sites is 1. The Labute approximate surface area is 220 Å². The number of imidazole rings is 1. The summed E-state index contributed by atoms with van der Waals surface area (Å²) in [7, 11) is 0. The molecule has 1 aliphatic heterocycles. The first kappa shape index (κ1) is 24.8. The van der Waals surface area contributed by atoms with E-state index in [1.54, 1.807) is 6.33 Å². The first-order valence-corrected chi connectivity index (χ1v) is 13.1. The van der Waals surface area contributed by atoms with Crippen molar-refractivity contribution < 1.29 is 4.79 Å². The molecule has 3 aromatic carbocycles. The van der Waals surface area contributed by atoms with Crippen LogP contribution in [0, 0.1) is 0 Å². The maximum atomic E-state index is 13.3. The fourth-order valence-corrected chi connectivity index (χ4v) is 5.31. The minimum absolute atomic E-state index is 0.0955. The molecule has 0 saturated carbocycles. The first-order valence-electron chi connectivity index (χ1n) is 13.1. The average molecular weight is 493 g/mol. The van der Waals surface area contributed by atoms with Gasteiger partial charge >= 0.3 is 0 Å². The lowest BCUT2D eigenvalue weighted by molar-refractivity contribution is -0.130. The maximum Gasteiger partial charge on any atom is 0.242 e. The predicted molar refractivity (Wildman–Crippen MR) is 150 cm³/mol. The van der Waals surface area contributed by atoms with Crippen molar-refractivity contribution in [1.29, 1.82) is 0 Å². The van der Waals surface area contributed by atoms with Gasteiger partial charge in [-0.25, -0.2) is 4.98 Å². The van der Waals surface area contributed by atoms with Crippen LogP contribution in [-0.4, -0.2) is 33.9 Å². The largest absolute Gasteiger partial charge is 0.376 e. The topological polar surface area (TPSA) is 61.0 Å². The summed E-state index contributed by atoms with van der Waals surface area (Å²) in [5, 5.41) is 3.32. The lowest BCUT2D eigenvalue weighted by atomic mass is 9.79. The average Bonchev–Trinajstić information content (AvgIpc) is 3.39. The van der Waals surface area contributed by atoms with Gasteiger partial charge in [0.25, 0.3) is 0 Å². The van der Waals surface area contributed by atoms with Crippen molar-refractivity contribution in [2.75, 3.05) is 18.4 Å². The summed E-state index contributed by atoms with van der Waals surface area (Å²) >= 11 is 0. The maximum absolute atomic E-state index is 13.3. The van der Waals surface area contributed by atoms with E-state index in [0.29, 0.717) is 19.6 Å². The minimum Gasteiger partial charge on any atom is -0.376 e. The van der Waals surface area contributed by atoms with Crippen molar-refractivity contribution in [3.05, 3.63) is 119 Å². The van der Waals surface area contributed by atoms with Gasteiger partial charge in [0.2, 0.25) is 5.91 Å². The fraction of sp³-hybridized carbons (Fsp3) is 0.312. The molecule has 0 saturated heterocycles. The van der Waals surface area contributed by atoms with E-state index >= 15 is 0 Å². The second-order valence-corrected chi connectivity index (χ2v) is 11.1. The Balaban J connectivity index is 1.50. The molecule has 0 radical (unpaired) electrons. The first-order chi connectivity index (χ1) is 17.9.